The molecule has 0 saturated carbocycles. The van der Waals surface area contributed by atoms with Crippen LogP contribution in [0.15, 0.2) is 0 Å². The largest absolute Gasteiger partial charge is 0.389 e. The molecule has 0 saturated heterocycles. The van der Waals surface area contributed by atoms with E-state index in [4.69, 9.17) is 5.26 Å². The zero-order chi connectivity index (χ0) is 11.0. The lowest BCUT2D eigenvalue weighted by atomic mass is 10.2. The average molecular weight is 208 g/mol. The van der Waals surface area contributed by atoms with E-state index in [1.165, 1.54) is 0 Å². The molecule has 0 rings (SSSR count). The second-order valence-corrected chi connectivity index (χ2v) is 3.06. The summed E-state index contributed by atoms with van der Waals surface area (Å²) >= 11 is 0. The Hall–Kier alpha value is -0.760. The summed E-state index contributed by atoms with van der Waals surface area (Å²) < 4.78 is 35.4. The van der Waals surface area contributed by atoms with Gasteiger partial charge in [0, 0.05) is 19.4 Å². The molecule has 0 unspecified atom stereocenters. The van der Waals surface area contributed by atoms with E-state index in [-0.39, 0.29) is 6.42 Å². The third-order valence-electron chi connectivity index (χ3n) is 1.92. The third kappa shape index (κ3) is 7.87. The maximum absolute atomic E-state index is 11.8. The second kappa shape index (κ2) is 6.66. The molecule has 0 amide bonds. The molecule has 0 spiro atoms. The van der Waals surface area contributed by atoms with Gasteiger partial charge >= 0.3 is 6.18 Å². The van der Waals surface area contributed by atoms with Crippen molar-refractivity contribution in [3.63, 3.8) is 0 Å². The van der Waals surface area contributed by atoms with Crippen molar-refractivity contribution >= 4 is 0 Å². The first-order valence-electron chi connectivity index (χ1n) is 4.65. The van der Waals surface area contributed by atoms with Gasteiger partial charge in [-0.3, -0.25) is 0 Å². The molecule has 5 heteroatoms. The van der Waals surface area contributed by atoms with Gasteiger partial charge < -0.3 is 4.90 Å². The molecule has 0 aliphatic heterocycles. The highest BCUT2D eigenvalue weighted by Gasteiger charge is 2.26. The van der Waals surface area contributed by atoms with Crippen LogP contribution in [0.3, 0.4) is 0 Å². The van der Waals surface area contributed by atoms with E-state index in [1.54, 1.807) is 0 Å². The molecular weight excluding hydrogens is 193 g/mol. The predicted molar refractivity (Wildman–Crippen MR) is 47.6 cm³/mol. The molecule has 2 nitrogen and oxygen atoms in total. The first-order valence-corrected chi connectivity index (χ1v) is 4.65. The average Bonchev–Trinajstić information content (AvgIpc) is 2.09. The Morgan fingerprint density at radius 1 is 1.29 bits per heavy atom. The highest BCUT2D eigenvalue weighted by Crippen LogP contribution is 2.21. The van der Waals surface area contributed by atoms with Crippen LogP contribution in [0.4, 0.5) is 13.2 Å². The van der Waals surface area contributed by atoms with Crippen molar-refractivity contribution in [3.8, 4) is 6.07 Å². The zero-order valence-corrected chi connectivity index (χ0v) is 8.27. The monoisotopic (exact) mass is 208 g/mol. The molecule has 0 heterocycles. The highest BCUT2D eigenvalue weighted by molar-refractivity contribution is 4.71. The second-order valence-electron chi connectivity index (χ2n) is 3.06. The van der Waals surface area contributed by atoms with Crippen LogP contribution in [0.5, 0.6) is 0 Å². The Morgan fingerprint density at radius 3 is 2.36 bits per heavy atom. The lowest BCUT2D eigenvalue weighted by Crippen LogP contribution is -2.26. The molecule has 0 aromatic rings. The van der Waals surface area contributed by atoms with Crippen LogP contribution in [0.2, 0.25) is 0 Å². The first-order chi connectivity index (χ1) is 6.49. The fourth-order valence-corrected chi connectivity index (χ4v) is 1.14. The zero-order valence-electron chi connectivity index (χ0n) is 8.27. The summed E-state index contributed by atoms with van der Waals surface area (Å²) in [6.07, 6.45) is -4.31. The van der Waals surface area contributed by atoms with Gasteiger partial charge in [0.1, 0.15) is 0 Å². The summed E-state index contributed by atoms with van der Waals surface area (Å²) in [5.74, 6) is 0. The van der Waals surface area contributed by atoms with E-state index in [1.807, 2.05) is 17.9 Å². The summed E-state index contributed by atoms with van der Waals surface area (Å²) in [5, 5.41) is 8.31. The van der Waals surface area contributed by atoms with Crippen molar-refractivity contribution in [1.29, 1.82) is 5.26 Å². The summed E-state index contributed by atoms with van der Waals surface area (Å²) in [6.45, 7) is 3.55. The normalized spacial score (nSPS) is 11.7. The van der Waals surface area contributed by atoms with Gasteiger partial charge in [-0.05, 0) is 19.5 Å². The summed E-state index contributed by atoms with van der Waals surface area (Å²) in [4.78, 5) is 1.86. The predicted octanol–water partition coefficient (Wildman–Crippen LogP) is 2.56. The third-order valence-corrected chi connectivity index (χ3v) is 1.92. The summed E-state index contributed by atoms with van der Waals surface area (Å²) in [6, 6.07) is 1.98. The van der Waals surface area contributed by atoms with Crippen molar-refractivity contribution in [2.75, 3.05) is 19.6 Å². The molecule has 0 fully saturated rings. The smallest absolute Gasteiger partial charge is 0.303 e. The van der Waals surface area contributed by atoms with Gasteiger partial charge in [0.15, 0.2) is 0 Å². The van der Waals surface area contributed by atoms with Gasteiger partial charge in [0.2, 0.25) is 0 Å². The quantitative estimate of drug-likeness (QED) is 0.670. The van der Waals surface area contributed by atoms with Gasteiger partial charge in [0.05, 0.1) is 6.07 Å². The molecule has 0 aliphatic rings. The van der Waals surface area contributed by atoms with Crippen molar-refractivity contribution in [1.82, 2.24) is 4.90 Å². The molecular formula is C9H15F3N2. The molecule has 0 aromatic heterocycles. The van der Waals surface area contributed by atoms with Crippen LogP contribution in [0, 0.1) is 11.3 Å². The standard InChI is InChI=1S/C9H15F3N2/c1-2-14(8-4-6-13)7-3-5-9(10,11)12/h2-5,7-8H2,1H3. The van der Waals surface area contributed by atoms with E-state index in [0.717, 1.165) is 0 Å². The topological polar surface area (TPSA) is 27.0 Å². The van der Waals surface area contributed by atoms with E-state index < -0.39 is 12.6 Å². The van der Waals surface area contributed by atoms with E-state index in [9.17, 15) is 13.2 Å². The molecule has 0 N–H and O–H groups in total. The highest BCUT2D eigenvalue weighted by atomic mass is 19.4. The Bertz CT molecular complexity index is 183. The fourth-order valence-electron chi connectivity index (χ4n) is 1.14. The Labute approximate surface area is 82.3 Å². The number of nitrogens with zero attached hydrogens (tertiary/aromatic N) is 2. The van der Waals surface area contributed by atoms with E-state index >= 15 is 0 Å². The molecule has 0 atom stereocenters. The van der Waals surface area contributed by atoms with Gasteiger partial charge in [-0.15, -0.1) is 0 Å². The van der Waals surface area contributed by atoms with Crippen molar-refractivity contribution in [3.05, 3.63) is 0 Å². The SMILES string of the molecule is CCN(CCC#N)CCCC(F)(F)F. The van der Waals surface area contributed by atoms with Crippen LogP contribution in [-0.2, 0) is 0 Å². The fraction of sp³-hybridized carbons (Fsp3) is 0.889. The van der Waals surface area contributed by atoms with Gasteiger partial charge in [-0.1, -0.05) is 6.92 Å². The number of halogens is 3. The molecule has 0 aromatic carbocycles. The molecule has 0 radical (unpaired) electrons. The lowest BCUT2D eigenvalue weighted by molar-refractivity contribution is -0.136. The van der Waals surface area contributed by atoms with Crippen LogP contribution in [0.1, 0.15) is 26.2 Å². The molecule has 0 bridgehead atoms. The van der Waals surface area contributed by atoms with Gasteiger partial charge in [0.25, 0.3) is 0 Å². The van der Waals surface area contributed by atoms with Crippen molar-refractivity contribution < 1.29 is 13.2 Å². The number of rotatable bonds is 6. The lowest BCUT2D eigenvalue weighted by Gasteiger charge is -2.18. The number of nitriles is 1. The van der Waals surface area contributed by atoms with Crippen LogP contribution in [0.25, 0.3) is 0 Å². The minimum atomic E-state index is -4.06. The van der Waals surface area contributed by atoms with Crippen LogP contribution in [-0.4, -0.2) is 30.7 Å². The van der Waals surface area contributed by atoms with E-state index in [2.05, 4.69) is 0 Å². The van der Waals surface area contributed by atoms with Crippen molar-refractivity contribution in [2.24, 2.45) is 0 Å². The Balaban J connectivity index is 3.58. The number of hydrogen-bond acceptors (Lipinski definition) is 2. The van der Waals surface area contributed by atoms with Crippen LogP contribution >= 0.6 is 0 Å². The molecule has 0 aliphatic carbocycles. The summed E-state index contributed by atoms with van der Waals surface area (Å²) in [7, 11) is 0. The van der Waals surface area contributed by atoms with Gasteiger partial charge in [-0.2, -0.15) is 18.4 Å². The van der Waals surface area contributed by atoms with Gasteiger partial charge in [-0.25, -0.2) is 0 Å². The molecule has 82 valence electrons. The maximum Gasteiger partial charge on any atom is 0.389 e. The number of alkyl halides is 3. The Morgan fingerprint density at radius 2 is 1.93 bits per heavy atom. The van der Waals surface area contributed by atoms with Crippen LogP contribution < -0.4 is 0 Å². The Kier molecular flexibility index (Phi) is 6.30. The maximum atomic E-state index is 11.8. The van der Waals surface area contributed by atoms with E-state index in [0.29, 0.717) is 26.1 Å². The molecule has 14 heavy (non-hydrogen) atoms. The van der Waals surface area contributed by atoms with Crippen molar-refractivity contribution in [2.45, 2.75) is 32.4 Å². The number of hydrogen-bond donors (Lipinski definition) is 0. The first kappa shape index (κ1) is 13.2. The minimum Gasteiger partial charge on any atom is -0.303 e. The minimum absolute atomic E-state index is 0.114. The summed E-state index contributed by atoms with van der Waals surface area (Å²) in [5.41, 5.74) is 0.